The van der Waals surface area contributed by atoms with Crippen molar-refractivity contribution in [3.8, 4) is 0 Å². The number of rotatable bonds is 5. The number of ether oxygens (including phenoxy) is 1. The van der Waals surface area contributed by atoms with Crippen LogP contribution in [0.4, 0.5) is 0 Å². The third kappa shape index (κ3) is 3.93. The number of nitrogens with zero attached hydrogens (tertiary/aromatic N) is 3. The summed E-state index contributed by atoms with van der Waals surface area (Å²) in [5.74, 6) is 0.387. The summed E-state index contributed by atoms with van der Waals surface area (Å²) >= 11 is 0. The molecule has 6 nitrogen and oxygen atoms in total. The Bertz CT molecular complexity index is 572. The highest BCUT2D eigenvalue weighted by atomic mass is 16.5. The van der Waals surface area contributed by atoms with Crippen LogP contribution in [-0.4, -0.2) is 58.9 Å². The van der Waals surface area contributed by atoms with Crippen LogP contribution >= 0.6 is 0 Å². The van der Waals surface area contributed by atoms with E-state index in [4.69, 9.17) is 4.74 Å². The molecule has 0 bridgehead atoms. The molecule has 2 atom stereocenters. The van der Waals surface area contributed by atoms with Gasteiger partial charge in [-0.05, 0) is 31.4 Å². The van der Waals surface area contributed by atoms with Crippen molar-refractivity contribution in [2.24, 2.45) is 5.92 Å². The molecule has 0 aliphatic carbocycles. The molecule has 6 heteroatoms. The van der Waals surface area contributed by atoms with Gasteiger partial charge in [0.1, 0.15) is 6.04 Å². The van der Waals surface area contributed by atoms with Crippen LogP contribution in [0.3, 0.4) is 0 Å². The normalized spacial score (nSPS) is 23.5. The summed E-state index contributed by atoms with van der Waals surface area (Å²) in [7, 11) is 0. The molecule has 0 radical (unpaired) electrons. The molecular weight excluding hydrogens is 306 g/mol. The number of amides is 2. The van der Waals surface area contributed by atoms with Crippen molar-refractivity contribution >= 4 is 11.8 Å². The predicted octanol–water partition coefficient (Wildman–Crippen LogP) is 1.46. The van der Waals surface area contributed by atoms with Gasteiger partial charge in [-0.2, -0.15) is 0 Å². The zero-order valence-electron chi connectivity index (χ0n) is 14.2. The molecule has 0 N–H and O–H groups in total. The Hall–Kier alpha value is -1.95. The molecule has 2 aliphatic rings. The SMILES string of the molecule is CC(=O)N1CCCC1C(=O)N(Cc1ccccn1)CC1CCOC1. The smallest absolute Gasteiger partial charge is 0.245 e. The number of pyridine rings is 1. The van der Waals surface area contributed by atoms with Crippen LogP contribution in [-0.2, 0) is 20.9 Å². The molecule has 2 unspecified atom stereocenters. The molecule has 1 aromatic heterocycles. The van der Waals surface area contributed by atoms with Gasteiger partial charge < -0.3 is 14.5 Å². The van der Waals surface area contributed by atoms with E-state index in [0.29, 0.717) is 32.2 Å². The van der Waals surface area contributed by atoms with Crippen molar-refractivity contribution in [2.45, 2.75) is 38.8 Å². The fraction of sp³-hybridized carbons (Fsp3) is 0.611. The van der Waals surface area contributed by atoms with Crippen LogP contribution < -0.4 is 0 Å². The Labute approximate surface area is 142 Å². The van der Waals surface area contributed by atoms with E-state index >= 15 is 0 Å². The van der Waals surface area contributed by atoms with Crippen molar-refractivity contribution in [1.29, 1.82) is 0 Å². The van der Waals surface area contributed by atoms with Gasteiger partial charge in [0, 0.05) is 38.7 Å². The Morgan fingerprint density at radius 2 is 2.25 bits per heavy atom. The molecule has 0 aromatic carbocycles. The standard InChI is InChI=1S/C18H25N3O3/c1-14(22)21-9-4-6-17(21)18(23)20(11-15-7-10-24-13-15)12-16-5-2-3-8-19-16/h2-3,5,8,15,17H,4,6-7,9-13H2,1H3. The molecule has 2 fully saturated rings. The van der Waals surface area contributed by atoms with E-state index in [-0.39, 0.29) is 17.9 Å². The maximum absolute atomic E-state index is 13.1. The van der Waals surface area contributed by atoms with Crippen LogP contribution in [0.15, 0.2) is 24.4 Å². The largest absolute Gasteiger partial charge is 0.381 e. The Morgan fingerprint density at radius 1 is 1.38 bits per heavy atom. The lowest BCUT2D eigenvalue weighted by atomic mass is 10.1. The molecule has 0 spiro atoms. The predicted molar refractivity (Wildman–Crippen MR) is 89.0 cm³/mol. The molecule has 2 saturated heterocycles. The van der Waals surface area contributed by atoms with E-state index in [1.807, 2.05) is 23.1 Å². The molecule has 1 aromatic rings. The van der Waals surface area contributed by atoms with Gasteiger partial charge in [-0.25, -0.2) is 0 Å². The second-order valence-corrected chi connectivity index (χ2v) is 6.64. The molecule has 3 heterocycles. The first-order valence-corrected chi connectivity index (χ1v) is 8.69. The Morgan fingerprint density at radius 3 is 2.92 bits per heavy atom. The topological polar surface area (TPSA) is 62.7 Å². The van der Waals surface area contributed by atoms with Crippen molar-refractivity contribution < 1.29 is 14.3 Å². The zero-order valence-corrected chi connectivity index (χ0v) is 14.2. The molecule has 2 aliphatic heterocycles. The highest BCUT2D eigenvalue weighted by molar-refractivity contribution is 5.87. The van der Waals surface area contributed by atoms with Crippen molar-refractivity contribution in [1.82, 2.24) is 14.8 Å². The van der Waals surface area contributed by atoms with E-state index in [1.165, 1.54) is 0 Å². The minimum Gasteiger partial charge on any atom is -0.381 e. The van der Waals surface area contributed by atoms with Gasteiger partial charge in [0.2, 0.25) is 11.8 Å². The maximum atomic E-state index is 13.1. The first-order valence-electron chi connectivity index (χ1n) is 8.69. The van der Waals surface area contributed by atoms with Crippen molar-refractivity contribution in [3.63, 3.8) is 0 Å². The van der Waals surface area contributed by atoms with E-state index in [2.05, 4.69) is 4.98 Å². The van der Waals surface area contributed by atoms with Gasteiger partial charge in [-0.3, -0.25) is 14.6 Å². The summed E-state index contributed by atoms with van der Waals surface area (Å²) in [6, 6.07) is 5.41. The van der Waals surface area contributed by atoms with E-state index in [9.17, 15) is 9.59 Å². The van der Waals surface area contributed by atoms with Crippen LogP contribution in [0.25, 0.3) is 0 Å². The summed E-state index contributed by atoms with van der Waals surface area (Å²) in [6.07, 6.45) is 4.36. The van der Waals surface area contributed by atoms with Crippen LogP contribution in [0.5, 0.6) is 0 Å². The van der Waals surface area contributed by atoms with E-state index in [1.54, 1.807) is 18.0 Å². The van der Waals surface area contributed by atoms with Gasteiger partial charge in [0.05, 0.1) is 18.8 Å². The number of hydrogen-bond donors (Lipinski definition) is 0. The molecule has 24 heavy (non-hydrogen) atoms. The summed E-state index contributed by atoms with van der Waals surface area (Å²) in [6.45, 7) is 4.83. The number of carbonyl (C=O) groups excluding carboxylic acids is 2. The number of aromatic nitrogens is 1. The van der Waals surface area contributed by atoms with Crippen molar-refractivity contribution in [3.05, 3.63) is 30.1 Å². The average molecular weight is 331 g/mol. The lowest BCUT2D eigenvalue weighted by Gasteiger charge is -2.31. The van der Waals surface area contributed by atoms with Crippen LogP contribution in [0, 0.1) is 5.92 Å². The van der Waals surface area contributed by atoms with E-state index in [0.717, 1.165) is 31.6 Å². The fourth-order valence-electron chi connectivity index (χ4n) is 3.57. The second-order valence-electron chi connectivity index (χ2n) is 6.64. The van der Waals surface area contributed by atoms with Gasteiger partial charge in [0.15, 0.2) is 0 Å². The number of carbonyl (C=O) groups is 2. The van der Waals surface area contributed by atoms with Gasteiger partial charge in [-0.1, -0.05) is 6.07 Å². The van der Waals surface area contributed by atoms with Crippen LogP contribution in [0.1, 0.15) is 31.9 Å². The summed E-state index contributed by atoms with van der Waals surface area (Å²) < 4.78 is 5.45. The first kappa shape index (κ1) is 16.9. The number of hydrogen-bond acceptors (Lipinski definition) is 4. The molecule has 3 rings (SSSR count). The lowest BCUT2D eigenvalue weighted by molar-refractivity contribution is -0.143. The first-order chi connectivity index (χ1) is 11.6. The quantitative estimate of drug-likeness (QED) is 0.819. The summed E-state index contributed by atoms with van der Waals surface area (Å²) in [5, 5.41) is 0. The summed E-state index contributed by atoms with van der Waals surface area (Å²) in [5.41, 5.74) is 0.872. The second kappa shape index (κ2) is 7.75. The average Bonchev–Trinajstić information content (AvgIpc) is 3.26. The maximum Gasteiger partial charge on any atom is 0.245 e. The van der Waals surface area contributed by atoms with Crippen LogP contribution in [0.2, 0.25) is 0 Å². The third-order valence-corrected chi connectivity index (χ3v) is 4.84. The number of likely N-dealkylation sites (tertiary alicyclic amines) is 1. The molecule has 130 valence electrons. The molecule has 0 saturated carbocycles. The highest BCUT2D eigenvalue weighted by Crippen LogP contribution is 2.22. The minimum absolute atomic E-state index is 0.0205. The molecule has 2 amide bonds. The highest BCUT2D eigenvalue weighted by Gasteiger charge is 2.36. The van der Waals surface area contributed by atoms with Gasteiger partial charge in [-0.15, -0.1) is 0 Å². The summed E-state index contributed by atoms with van der Waals surface area (Å²) in [4.78, 5) is 32.9. The monoisotopic (exact) mass is 331 g/mol. The van der Waals surface area contributed by atoms with Gasteiger partial charge >= 0.3 is 0 Å². The lowest BCUT2D eigenvalue weighted by Crippen LogP contribution is -2.48. The van der Waals surface area contributed by atoms with Gasteiger partial charge in [0.25, 0.3) is 0 Å². The minimum atomic E-state index is -0.325. The Kier molecular flexibility index (Phi) is 5.45. The fourth-order valence-corrected chi connectivity index (χ4v) is 3.57. The molecular formula is C18H25N3O3. The van der Waals surface area contributed by atoms with E-state index < -0.39 is 0 Å². The third-order valence-electron chi connectivity index (χ3n) is 4.84. The Balaban J connectivity index is 1.74. The van der Waals surface area contributed by atoms with Crippen molar-refractivity contribution in [2.75, 3.05) is 26.3 Å². The zero-order chi connectivity index (χ0) is 16.9.